The zero-order chi connectivity index (χ0) is 15.9. The highest BCUT2D eigenvalue weighted by atomic mass is 79.9. The number of piperazine rings is 1. The Bertz CT molecular complexity index is 594. The van der Waals surface area contributed by atoms with Gasteiger partial charge in [-0.25, -0.2) is 0 Å². The lowest BCUT2D eigenvalue weighted by molar-refractivity contribution is -0.153. The van der Waals surface area contributed by atoms with E-state index in [1.165, 1.54) is 0 Å². The predicted molar refractivity (Wildman–Crippen MR) is 82.6 cm³/mol. The summed E-state index contributed by atoms with van der Waals surface area (Å²) in [4.78, 5) is 26.3. The Morgan fingerprint density at radius 2 is 2.00 bits per heavy atom. The Morgan fingerprint density at radius 1 is 1.38 bits per heavy atom. The van der Waals surface area contributed by atoms with Crippen LogP contribution in [0.2, 0.25) is 0 Å². The van der Waals surface area contributed by atoms with E-state index < -0.39 is 11.6 Å². The van der Waals surface area contributed by atoms with Gasteiger partial charge in [-0.05, 0) is 50.5 Å². The molecule has 6 nitrogen and oxygen atoms in total. The minimum Gasteiger partial charge on any atom is -0.340 e. The number of nitrogens with zero attached hydrogens (tertiary/aromatic N) is 3. The van der Waals surface area contributed by atoms with Crippen molar-refractivity contribution >= 4 is 27.7 Å². The van der Waals surface area contributed by atoms with Gasteiger partial charge in [-0.3, -0.25) is 14.3 Å². The summed E-state index contributed by atoms with van der Waals surface area (Å²) in [6.07, 6.45) is 0. The molecular weight excluding hydrogens is 336 g/mol. The van der Waals surface area contributed by atoms with E-state index >= 15 is 0 Å². The van der Waals surface area contributed by atoms with Crippen molar-refractivity contribution in [2.75, 3.05) is 0 Å². The maximum atomic E-state index is 12.6. The number of rotatable bonds is 3. The fourth-order valence-corrected chi connectivity index (χ4v) is 2.94. The number of halogens is 1. The molecule has 1 atom stereocenters. The number of nitrogens with one attached hydrogen (secondary N) is 1. The minimum absolute atomic E-state index is 0.0805. The first-order valence-corrected chi connectivity index (χ1v) is 7.83. The van der Waals surface area contributed by atoms with Crippen molar-refractivity contribution in [1.29, 1.82) is 0 Å². The molecule has 1 unspecified atom stereocenters. The Balaban J connectivity index is 2.37. The second-order valence-electron chi connectivity index (χ2n) is 5.89. The predicted octanol–water partition coefficient (Wildman–Crippen LogP) is 1.60. The third kappa shape index (κ3) is 2.71. The van der Waals surface area contributed by atoms with Crippen LogP contribution < -0.4 is 5.32 Å². The zero-order valence-corrected chi connectivity index (χ0v) is 14.6. The van der Waals surface area contributed by atoms with Gasteiger partial charge in [0.2, 0.25) is 11.8 Å². The summed E-state index contributed by atoms with van der Waals surface area (Å²) < 4.78 is 2.76. The normalized spacial score (nSPS) is 21.6. The van der Waals surface area contributed by atoms with Crippen LogP contribution in [0.4, 0.5) is 0 Å². The number of aromatic nitrogens is 2. The van der Waals surface area contributed by atoms with Crippen LogP contribution in [-0.4, -0.2) is 38.1 Å². The highest BCUT2D eigenvalue weighted by molar-refractivity contribution is 9.10. The van der Waals surface area contributed by atoms with Crippen molar-refractivity contribution in [3.05, 3.63) is 15.9 Å². The van der Waals surface area contributed by atoms with E-state index in [1.54, 1.807) is 25.7 Å². The number of amides is 2. The number of carbonyl (C=O) groups excluding carboxylic acids is 2. The SMILES string of the molecule is CCn1nc(C)c(Br)c1CN1C(=O)C(C)(C)NC(=O)C1C. The summed E-state index contributed by atoms with van der Waals surface area (Å²) >= 11 is 3.53. The molecule has 1 fully saturated rings. The molecule has 21 heavy (non-hydrogen) atoms. The molecule has 1 aromatic heterocycles. The molecule has 1 saturated heterocycles. The van der Waals surface area contributed by atoms with Crippen LogP contribution >= 0.6 is 15.9 Å². The lowest BCUT2D eigenvalue weighted by atomic mass is 9.97. The Kier molecular flexibility index (Phi) is 4.15. The van der Waals surface area contributed by atoms with Crippen molar-refractivity contribution in [3.8, 4) is 0 Å². The highest BCUT2D eigenvalue weighted by Crippen LogP contribution is 2.26. The lowest BCUT2D eigenvalue weighted by Gasteiger charge is -2.41. The van der Waals surface area contributed by atoms with Crippen molar-refractivity contribution < 1.29 is 9.59 Å². The summed E-state index contributed by atoms with van der Waals surface area (Å²) in [6, 6.07) is -0.488. The van der Waals surface area contributed by atoms with E-state index in [9.17, 15) is 9.59 Å². The summed E-state index contributed by atoms with van der Waals surface area (Å²) in [5, 5.41) is 7.19. The van der Waals surface area contributed by atoms with Gasteiger partial charge in [0, 0.05) is 6.54 Å². The van der Waals surface area contributed by atoms with Gasteiger partial charge in [0.15, 0.2) is 0 Å². The van der Waals surface area contributed by atoms with Crippen molar-refractivity contribution in [2.45, 2.75) is 59.3 Å². The fourth-order valence-electron chi connectivity index (χ4n) is 2.53. The van der Waals surface area contributed by atoms with Crippen LogP contribution in [0.25, 0.3) is 0 Å². The van der Waals surface area contributed by atoms with Crippen LogP contribution in [0.15, 0.2) is 4.47 Å². The maximum absolute atomic E-state index is 12.6. The quantitative estimate of drug-likeness (QED) is 0.894. The topological polar surface area (TPSA) is 67.2 Å². The van der Waals surface area contributed by atoms with Gasteiger partial charge >= 0.3 is 0 Å². The third-order valence-electron chi connectivity index (χ3n) is 3.85. The number of hydrogen-bond acceptors (Lipinski definition) is 3. The third-order valence-corrected chi connectivity index (χ3v) is 4.88. The van der Waals surface area contributed by atoms with Crippen LogP contribution in [-0.2, 0) is 22.7 Å². The molecule has 1 N–H and O–H groups in total. The molecule has 0 aromatic carbocycles. The van der Waals surface area contributed by atoms with E-state index in [-0.39, 0.29) is 11.8 Å². The number of carbonyl (C=O) groups is 2. The maximum Gasteiger partial charge on any atom is 0.248 e. The van der Waals surface area contributed by atoms with Crippen molar-refractivity contribution in [1.82, 2.24) is 20.0 Å². The first-order valence-electron chi connectivity index (χ1n) is 7.04. The van der Waals surface area contributed by atoms with Crippen LogP contribution in [0.1, 0.15) is 39.1 Å². The van der Waals surface area contributed by atoms with Gasteiger partial charge in [-0.15, -0.1) is 0 Å². The Morgan fingerprint density at radius 3 is 2.57 bits per heavy atom. The summed E-state index contributed by atoms with van der Waals surface area (Å²) in [5.74, 6) is -0.210. The van der Waals surface area contributed by atoms with Gasteiger partial charge in [0.1, 0.15) is 11.6 Å². The summed E-state index contributed by atoms with van der Waals surface area (Å²) in [6.45, 7) is 10.2. The first kappa shape index (κ1) is 16.0. The zero-order valence-electron chi connectivity index (χ0n) is 13.0. The molecule has 1 aliphatic rings. The second-order valence-corrected chi connectivity index (χ2v) is 6.68. The number of aryl methyl sites for hydroxylation is 2. The van der Waals surface area contributed by atoms with Gasteiger partial charge in [0.05, 0.1) is 22.4 Å². The fraction of sp³-hybridized carbons (Fsp3) is 0.643. The summed E-state index contributed by atoms with van der Waals surface area (Å²) in [7, 11) is 0. The molecule has 1 aromatic rings. The molecule has 2 heterocycles. The highest BCUT2D eigenvalue weighted by Gasteiger charge is 2.43. The molecule has 0 aliphatic carbocycles. The average molecular weight is 357 g/mol. The molecule has 0 bridgehead atoms. The van der Waals surface area contributed by atoms with Gasteiger partial charge < -0.3 is 10.2 Å². The van der Waals surface area contributed by atoms with E-state index in [4.69, 9.17) is 0 Å². The largest absolute Gasteiger partial charge is 0.340 e. The average Bonchev–Trinajstić information content (AvgIpc) is 2.68. The molecule has 1 aliphatic heterocycles. The van der Waals surface area contributed by atoms with Crippen molar-refractivity contribution in [2.24, 2.45) is 0 Å². The molecule has 2 rings (SSSR count). The van der Waals surface area contributed by atoms with Crippen molar-refractivity contribution in [3.63, 3.8) is 0 Å². The minimum atomic E-state index is -0.873. The van der Waals surface area contributed by atoms with Gasteiger partial charge in [-0.1, -0.05) is 0 Å². The van der Waals surface area contributed by atoms with E-state index in [0.29, 0.717) is 13.1 Å². The summed E-state index contributed by atoms with van der Waals surface area (Å²) in [5.41, 5.74) is 0.927. The van der Waals surface area contributed by atoms with Gasteiger partial charge in [0.25, 0.3) is 0 Å². The number of hydrogen-bond donors (Lipinski definition) is 1. The lowest BCUT2D eigenvalue weighted by Crippen LogP contribution is -2.67. The Hall–Kier alpha value is -1.37. The molecular formula is C14H21BrN4O2. The standard InChI is InChI=1S/C14H21BrN4O2/c1-6-19-10(11(15)8(2)17-19)7-18-9(3)12(20)16-14(4,5)13(18)21/h9H,6-7H2,1-5H3,(H,16,20). The van der Waals surface area contributed by atoms with E-state index in [1.807, 2.05) is 18.5 Å². The van der Waals surface area contributed by atoms with E-state index in [0.717, 1.165) is 15.9 Å². The monoisotopic (exact) mass is 356 g/mol. The molecule has 116 valence electrons. The van der Waals surface area contributed by atoms with Crippen LogP contribution in [0, 0.1) is 6.92 Å². The Labute approximate surface area is 133 Å². The van der Waals surface area contributed by atoms with E-state index in [2.05, 4.69) is 26.3 Å². The molecule has 7 heteroatoms. The van der Waals surface area contributed by atoms with Gasteiger partial charge in [-0.2, -0.15) is 5.10 Å². The van der Waals surface area contributed by atoms with Crippen LogP contribution in [0.5, 0.6) is 0 Å². The molecule has 0 spiro atoms. The smallest absolute Gasteiger partial charge is 0.248 e. The molecule has 0 saturated carbocycles. The van der Waals surface area contributed by atoms with Crippen LogP contribution in [0.3, 0.4) is 0 Å². The molecule has 0 radical (unpaired) electrons. The molecule has 2 amide bonds. The first-order chi connectivity index (χ1) is 9.69. The second kappa shape index (κ2) is 5.44.